The van der Waals surface area contributed by atoms with Crippen molar-refractivity contribution in [3.8, 4) is 5.75 Å². The van der Waals surface area contributed by atoms with Crippen LogP contribution >= 0.6 is 11.3 Å². The van der Waals surface area contributed by atoms with Crippen LogP contribution in [0.25, 0.3) is 0 Å². The predicted molar refractivity (Wildman–Crippen MR) is 115 cm³/mol. The van der Waals surface area contributed by atoms with Crippen LogP contribution in [0.15, 0.2) is 63.4 Å². The van der Waals surface area contributed by atoms with Gasteiger partial charge in [-0.25, -0.2) is 4.79 Å². The largest absolute Gasteiger partial charge is 0.467 e. The third-order valence-electron chi connectivity index (χ3n) is 4.35. The number of amides is 1. The number of carbonyl (C=O) groups excluding carboxylic acids is 2. The number of thiophene rings is 1. The van der Waals surface area contributed by atoms with Crippen molar-refractivity contribution in [2.24, 2.45) is 0 Å². The highest BCUT2D eigenvalue weighted by atomic mass is 32.2. The topological polar surface area (TPSA) is 112 Å². The maximum absolute atomic E-state index is 12.9. The lowest BCUT2D eigenvalue weighted by molar-refractivity contribution is -0.136. The molecule has 0 unspecified atom stereocenters. The van der Waals surface area contributed by atoms with Gasteiger partial charge in [0, 0.05) is 19.2 Å². The molecule has 0 fully saturated rings. The molecule has 3 aromatic rings. The van der Waals surface area contributed by atoms with Crippen molar-refractivity contribution in [2.75, 3.05) is 20.8 Å². The molecule has 1 amide bonds. The fraction of sp³-hybridized carbons (Fsp3) is 0.238. The van der Waals surface area contributed by atoms with Crippen molar-refractivity contribution in [1.82, 2.24) is 4.90 Å². The summed E-state index contributed by atoms with van der Waals surface area (Å²) in [4.78, 5) is 25.5. The van der Waals surface area contributed by atoms with Crippen LogP contribution in [-0.4, -0.2) is 46.0 Å². The molecule has 2 heterocycles. The minimum Gasteiger partial charge on any atom is -0.467 e. The van der Waals surface area contributed by atoms with E-state index < -0.39 is 16.1 Å². The average Bonchev–Trinajstić information content (AvgIpc) is 3.46. The van der Waals surface area contributed by atoms with Crippen LogP contribution in [0.3, 0.4) is 0 Å². The smallest absolute Gasteiger partial charge is 0.349 e. The zero-order valence-corrected chi connectivity index (χ0v) is 19.0. The molecule has 0 aliphatic rings. The van der Waals surface area contributed by atoms with Crippen molar-refractivity contribution in [1.29, 1.82) is 0 Å². The van der Waals surface area contributed by atoms with Crippen molar-refractivity contribution >= 4 is 33.3 Å². The Morgan fingerprint density at radius 2 is 1.84 bits per heavy atom. The molecule has 9 nitrogen and oxygen atoms in total. The predicted octanol–water partition coefficient (Wildman–Crippen LogP) is 3.07. The molecule has 0 atom stereocenters. The van der Waals surface area contributed by atoms with E-state index in [4.69, 9.17) is 13.3 Å². The van der Waals surface area contributed by atoms with Gasteiger partial charge in [0.15, 0.2) is 0 Å². The number of rotatable bonds is 10. The molecule has 0 saturated heterocycles. The fourth-order valence-corrected chi connectivity index (χ4v) is 5.13. The summed E-state index contributed by atoms with van der Waals surface area (Å²) in [5, 5.41) is 1.46. The Morgan fingerprint density at radius 1 is 1.06 bits per heavy atom. The van der Waals surface area contributed by atoms with Crippen LogP contribution in [0.4, 0.5) is 0 Å². The molecule has 0 bridgehead atoms. The molecular weight excluding hydrogens is 458 g/mol. The number of hydrogen-bond acceptors (Lipinski definition) is 9. The van der Waals surface area contributed by atoms with Gasteiger partial charge in [-0.1, -0.05) is 18.2 Å². The quantitative estimate of drug-likeness (QED) is 0.322. The summed E-state index contributed by atoms with van der Waals surface area (Å²) in [6.07, 6.45) is 1.50. The summed E-state index contributed by atoms with van der Waals surface area (Å²) in [6.45, 7) is 0.0504. The number of nitrogens with zero attached hydrogens (tertiary/aromatic N) is 1. The summed E-state index contributed by atoms with van der Waals surface area (Å²) in [6, 6.07) is 11.1. The number of furan rings is 1. The van der Waals surface area contributed by atoms with E-state index in [2.05, 4.69) is 4.74 Å². The second-order valence-corrected chi connectivity index (χ2v) is 8.94. The van der Waals surface area contributed by atoms with Crippen LogP contribution in [0.2, 0.25) is 0 Å². The number of benzene rings is 1. The fourth-order valence-electron chi connectivity index (χ4n) is 2.86. The first kappa shape index (κ1) is 23.5. The van der Waals surface area contributed by atoms with E-state index in [1.807, 2.05) is 0 Å². The summed E-state index contributed by atoms with van der Waals surface area (Å²) in [5.41, 5.74) is 0.446. The van der Waals surface area contributed by atoms with Crippen LogP contribution in [0.5, 0.6) is 5.75 Å². The zero-order valence-electron chi connectivity index (χ0n) is 17.3. The molecule has 0 aliphatic carbocycles. The Labute approximate surface area is 189 Å². The molecule has 2 aromatic heterocycles. The van der Waals surface area contributed by atoms with Gasteiger partial charge in [0.2, 0.25) is 5.91 Å². The SMILES string of the molecule is COCC(=O)N(Cc1ccco1)Cc1ccccc1OS(=O)(=O)c1ccsc1C(=O)OC. The first-order valence-electron chi connectivity index (χ1n) is 9.33. The highest BCUT2D eigenvalue weighted by molar-refractivity contribution is 7.87. The number of esters is 1. The molecule has 11 heteroatoms. The molecule has 0 N–H and O–H groups in total. The summed E-state index contributed by atoms with van der Waals surface area (Å²) in [7, 11) is -1.76. The lowest BCUT2D eigenvalue weighted by Gasteiger charge is -2.22. The van der Waals surface area contributed by atoms with Crippen LogP contribution in [0, 0.1) is 0 Å². The number of methoxy groups -OCH3 is 2. The monoisotopic (exact) mass is 479 g/mol. The minimum atomic E-state index is -4.33. The van der Waals surface area contributed by atoms with E-state index in [1.54, 1.807) is 30.3 Å². The summed E-state index contributed by atoms with van der Waals surface area (Å²) < 4.78 is 46.1. The van der Waals surface area contributed by atoms with Crippen molar-refractivity contribution < 1.29 is 36.1 Å². The normalized spacial score (nSPS) is 11.2. The third-order valence-corrected chi connectivity index (χ3v) is 6.65. The third kappa shape index (κ3) is 5.55. The lowest BCUT2D eigenvalue weighted by atomic mass is 10.2. The van der Waals surface area contributed by atoms with Crippen molar-refractivity contribution in [3.63, 3.8) is 0 Å². The van der Waals surface area contributed by atoms with Gasteiger partial charge in [0.1, 0.15) is 27.9 Å². The molecule has 1 aromatic carbocycles. The summed E-state index contributed by atoms with van der Waals surface area (Å²) in [5.74, 6) is -0.497. The van der Waals surface area contributed by atoms with Gasteiger partial charge in [-0.3, -0.25) is 4.79 Å². The Balaban J connectivity index is 1.88. The first-order chi connectivity index (χ1) is 15.4. The van der Waals surface area contributed by atoms with Gasteiger partial charge >= 0.3 is 16.1 Å². The first-order valence-corrected chi connectivity index (χ1v) is 11.6. The van der Waals surface area contributed by atoms with Gasteiger partial charge in [-0.2, -0.15) is 8.42 Å². The average molecular weight is 480 g/mol. The number of hydrogen-bond donors (Lipinski definition) is 0. The van der Waals surface area contributed by atoms with Crippen molar-refractivity contribution in [3.05, 3.63) is 70.3 Å². The second-order valence-electron chi connectivity index (χ2n) is 6.51. The maximum atomic E-state index is 12.9. The second kappa shape index (κ2) is 10.4. The number of para-hydroxylation sites is 1. The molecule has 170 valence electrons. The van der Waals surface area contributed by atoms with E-state index in [0.717, 1.165) is 11.3 Å². The maximum Gasteiger partial charge on any atom is 0.349 e. The molecule has 0 radical (unpaired) electrons. The van der Waals surface area contributed by atoms with Gasteiger partial charge < -0.3 is 23.0 Å². The Bertz CT molecular complexity index is 1170. The number of ether oxygens (including phenoxy) is 2. The Hall–Kier alpha value is -3.15. The highest BCUT2D eigenvalue weighted by Gasteiger charge is 2.28. The van der Waals surface area contributed by atoms with E-state index in [0.29, 0.717) is 11.3 Å². The van der Waals surface area contributed by atoms with E-state index in [1.165, 1.54) is 42.9 Å². The highest BCUT2D eigenvalue weighted by Crippen LogP contribution is 2.29. The van der Waals surface area contributed by atoms with Crippen LogP contribution in [0.1, 0.15) is 21.0 Å². The lowest BCUT2D eigenvalue weighted by Crippen LogP contribution is -2.33. The molecule has 0 aliphatic heterocycles. The van der Waals surface area contributed by atoms with E-state index >= 15 is 0 Å². The van der Waals surface area contributed by atoms with E-state index in [-0.39, 0.29) is 41.1 Å². The van der Waals surface area contributed by atoms with Gasteiger partial charge in [-0.15, -0.1) is 11.3 Å². The van der Waals surface area contributed by atoms with Gasteiger partial charge in [0.05, 0.1) is 19.9 Å². The molecule has 32 heavy (non-hydrogen) atoms. The minimum absolute atomic E-state index is 0.0316. The van der Waals surface area contributed by atoms with Gasteiger partial charge in [-0.05, 0) is 29.6 Å². The molecule has 3 rings (SSSR count). The molecule has 0 spiro atoms. The van der Waals surface area contributed by atoms with E-state index in [9.17, 15) is 18.0 Å². The Kier molecular flexibility index (Phi) is 7.67. The summed E-state index contributed by atoms with van der Waals surface area (Å²) >= 11 is 0.935. The standard InChI is InChI=1S/C21H21NO8S2/c1-27-14-19(23)22(13-16-7-5-10-29-16)12-15-6-3-4-8-17(15)30-32(25,26)18-9-11-31-20(18)21(24)28-2/h3-11H,12-14H2,1-2H3. The van der Waals surface area contributed by atoms with Gasteiger partial charge in [0.25, 0.3) is 0 Å². The van der Waals surface area contributed by atoms with Crippen molar-refractivity contribution in [2.45, 2.75) is 18.0 Å². The number of carbonyl (C=O) groups is 2. The Morgan fingerprint density at radius 3 is 2.53 bits per heavy atom. The molecule has 0 saturated carbocycles. The zero-order chi connectivity index (χ0) is 23.1. The van der Waals surface area contributed by atoms with Crippen LogP contribution < -0.4 is 4.18 Å². The van der Waals surface area contributed by atoms with Crippen LogP contribution in [-0.2, 0) is 37.5 Å². The molecular formula is C21H21NO8S2.